The lowest BCUT2D eigenvalue weighted by atomic mass is 10.1. The molecule has 0 spiro atoms. The van der Waals surface area contributed by atoms with Gasteiger partial charge in [-0.15, -0.1) is 12.4 Å². The van der Waals surface area contributed by atoms with Crippen LogP contribution in [0, 0.1) is 0 Å². The molecule has 1 N–H and O–H groups in total. The summed E-state index contributed by atoms with van der Waals surface area (Å²) in [6.07, 6.45) is 3.21. The first-order valence-electron chi connectivity index (χ1n) is 9.24. The van der Waals surface area contributed by atoms with Gasteiger partial charge in [-0.1, -0.05) is 78.9 Å². The Balaban J connectivity index is 0.00000210. The molecule has 0 fully saturated rings. The van der Waals surface area contributed by atoms with E-state index in [4.69, 9.17) is 0 Å². The Morgan fingerprint density at radius 2 is 1.22 bits per heavy atom. The Hall–Kier alpha value is -2.55. The summed E-state index contributed by atoms with van der Waals surface area (Å²) in [6, 6.07) is 30.0. The van der Waals surface area contributed by atoms with Crippen LogP contribution in [-0.2, 0) is 19.5 Å². The lowest BCUT2D eigenvalue weighted by Gasteiger charge is -2.22. The molecular weight excluding hydrogens is 352 g/mol. The SMILES string of the molecule is Cl.c1ccc(CN(CCc2c[nH]c3ccccc23)Cc2ccccc2)cc1. The smallest absolute Gasteiger partial charge is 0.0456 e. The summed E-state index contributed by atoms with van der Waals surface area (Å²) in [4.78, 5) is 5.93. The lowest BCUT2D eigenvalue weighted by Crippen LogP contribution is -2.25. The number of para-hydroxylation sites is 1. The number of hydrogen-bond donors (Lipinski definition) is 1. The molecule has 0 aliphatic heterocycles. The number of benzene rings is 3. The van der Waals surface area contributed by atoms with Crippen LogP contribution >= 0.6 is 12.4 Å². The second kappa shape index (κ2) is 9.40. The molecule has 0 amide bonds. The summed E-state index contributed by atoms with van der Waals surface area (Å²) in [7, 11) is 0. The molecule has 4 rings (SSSR count). The Labute approximate surface area is 167 Å². The van der Waals surface area contributed by atoms with Gasteiger partial charge in [0.1, 0.15) is 0 Å². The predicted octanol–water partition coefficient (Wildman–Crippen LogP) is 5.83. The van der Waals surface area contributed by atoms with Crippen LogP contribution < -0.4 is 0 Å². The fourth-order valence-electron chi connectivity index (χ4n) is 3.51. The summed E-state index contributed by atoms with van der Waals surface area (Å²) >= 11 is 0. The number of rotatable bonds is 7. The van der Waals surface area contributed by atoms with Crippen LogP contribution in [0.15, 0.2) is 91.1 Å². The van der Waals surface area contributed by atoms with E-state index < -0.39 is 0 Å². The number of aromatic amines is 1. The summed E-state index contributed by atoms with van der Waals surface area (Å²) < 4.78 is 0. The quantitative estimate of drug-likeness (QED) is 0.429. The molecule has 2 nitrogen and oxygen atoms in total. The molecule has 3 aromatic carbocycles. The van der Waals surface area contributed by atoms with Gasteiger partial charge in [-0.05, 0) is 29.2 Å². The normalized spacial score (nSPS) is 10.9. The minimum Gasteiger partial charge on any atom is -0.361 e. The minimum atomic E-state index is 0. The zero-order valence-corrected chi connectivity index (χ0v) is 16.2. The highest BCUT2D eigenvalue weighted by Crippen LogP contribution is 2.19. The van der Waals surface area contributed by atoms with Crippen LogP contribution in [0.4, 0.5) is 0 Å². The van der Waals surface area contributed by atoms with Crippen molar-refractivity contribution in [3.63, 3.8) is 0 Å². The minimum absolute atomic E-state index is 0. The number of aromatic nitrogens is 1. The summed E-state index contributed by atoms with van der Waals surface area (Å²) in [5.74, 6) is 0. The number of nitrogens with zero attached hydrogens (tertiary/aromatic N) is 1. The molecule has 0 bridgehead atoms. The van der Waals surface area contributed by atoms with Gasteiger partial charge in [0.2, 0.25) is 0 Å². The molecule has 0 saturated heterocycles. The van der Waals surface area contributed by atoms with E-state index in [9.17, 15) is 0 Å². The van der Waals surface area contributed by atoms with Crippen LogP contribution in [0.1, 0.15) is 16.7 Å². The standard InChI is InChI=1S/C24H24N2.ClH/c1-3-9-20(10-4-1)18-26(19-21-11-5-2-6-12-21)16-15-22-17-25-24-14-8-7-13-23(22)24;/h1-14,17,25H,15-16,18-19H2;1H. The molecular formula is C24H25ClN2. The van der Waals surface area contributed by atoms with Crippen LogP contribution in [0.25, 0.3) is 10.9 Å². The molecule has 0 unspecified atom stereocenters. The van der Waals surface area contributed by atoms with Crippen molar-refractivity contribution < 1.29 is 0 Å². The van der Waals surface area contributed by atoms with Crippen LogP contribution in [0.5, 0.6) is 0 Å². The Morgan fingerprint density at radius 1 is 0.667 bits per heavy atom. The monoisotopic (exact) mass is 376 g/mol. The van der Waals surface area contributed by atoms with Crippen molar-refractivity contribution in [2.45, 2.75) is 19.5 Å². The third-order valence-corrected chi connectivity index (χ3v) is 4.87. The molecule has 1 aromatic heterocycles. The van der Waals surface area contributed by atoms with Gasteiger partial charge >= 0.3 is 0 Å². The number of nitrogens with one attached hydrogen (secondary N) is 1. The van der Waals surface area contributed by atoms with E-state index in [0.29, 0.717) is 0 Å². The van der Waals surface area contributed by atoms with E-state index in [2.05, 4.69) is 101 Å². The number of halogens is 1. The van der Waals surface area contributed by atoms with Gasteiger partial charge in [0.05, 0.1) is 0 Å². The lowest BCUT2D eigenvalue weighted by molar-refractivity contribution is 0.260. The maximum Gasteiger partial charge on any atom is 0.0456 e. The molecule has 4 aromatic rings. The van der Waals surface area contributed by atoms with Crippen molar-refractivity contribution >= 4 is 23.3 Å². The first kappa shape index (κ1) is 19.2. The van der Waals surface area contributed by atoms with Gasteiger partial charge in [0.15, 0.2) is 0 Å². The van der Waals surface area contributed by atoms with E-state index in [0.717, 1.165) is 26.1 Å². The van der Waals surface area contributed by atoms with Gasteiger partial charge in [0.25, 0.3) is 0 Å². The molecule has 0 saturated carbocycles. The zero-order valence-electron chi connectivity index (χ0n) is 15.3. The van der Waals surface area contributed by atoms with Gasteiger partial charge in [-0.3, -0.25) is 4.90 Å². The molecule has 3 heteroatoms. The van der Waals surface area contributed by atoms with Crippen LogP contribution in [0.3, 0.4) is 0 Å². The van der Waals surface area contributed by atoms with Crippen molar-refractivity contribution in [1.29, 1.82) is 0 Å². The van der Waals surface area contributed by atoms with Crippen molar-refractivity contribution in [3.8, 4) is 0 Å². The van der Waals surface area contributed by atoms with E-state index in [-0.39, 0.29) is 12.4 Å². The molecule has 27 heavy (non-hydrogen) atoms. The number of hydrogen-bond acceptors (Lipinski definition) is 1. The van der Waals surface area contributed by atoms with Gasteiger partial charge < -0.3 is 4.98 Å². The van der Waals surface area contributed by atoms with Crippen LogP contribution in [-0.4, -0.2) is 16.4 Å². The topological polar surface area (TPSA) is 19.0 Å². The van der Waals surface area contributed by atoms with E-state index in [1.54, 1.807) is 0 Å². The van der Waals surface area contributed by atoms with E-state index >= 15 is 0 Å². The van der Waals surface area contributed by atoms with Crippen molar-refractivity contribution in [3.05, 3.63) is 108 Å². The highest BCUT2D eigenvalue weighted by Gasteiger charge is 2.10. The molecule has 0 aliphatic carbocycles. The first-order valence-corrected chi connectivity index (χ1v) is 9.24. The summed E-state index contributed by atoms with van der Waals surface area (Å²) in [5.41, 5.74) is 5.34. The highest BCUT2D eigenvalue weighted by atomic mass is 35.5. The highest BCUT2D eigenvalue weighted by molar-refractivity contribution is 5.85. The van der Waals surface area contributed by atoms with Gasteiger partial charge in [0, 0.05) is 36.7 Å². The molecule has 1 heterocycles. The van der Waals surface area contributed by atoms with Crippen LogP contribution in [0.2, 0.25) is 0 Å². The number of fused-ring (bicyclic) bond motifs is 1. The molecule has 0 aliphatic rings. The fraction of sp³-hybridized carbons (Fsp3) is 0.167. The average molecular weight is 377 g/mol. The molecule has 0 atom stereocenters. The molecule has 138 valence electrons. The summed E-state index contributed by atoms with van der Waals surface area (Å²) in [6.45, 7) is 2.97. The van der Waals surface area contributed by atoms with Crippen molar-refractivity contribution in [1.82, 2.24) is 9.88 Å². The summed E-state index contributed by atoms with van der Waals surface area (Å²) in [5, 5.41) is 1.34. The van der Waals surface area contributed by atoms with Crippen molar-refractivity contribution in [2.75, 3.05) is 6.54 Å². The number of H-pyrrole nitrogens is 1. The van der Waals surface area contributed by atoms with E-state index in [1.165, 1.54) is 27.6 Å². The fourth-order valence-corrected chi connectivity index (χ4v) is 3.51. The second-order valence-electron chi connectivity index (χ2n) is 6.79. The zero-order chi connectivity index (χ0) is 17.6. The maximum atomic E-state index is 3.39. The Morgan fingerprint density at radius 3 is 1.85 bits per heavy atom. The van der Waals surface area contributed by atoms with Gasteiger partial charge in [-0.2, -0.15) is 0 Å². The maximum absolute atomic E-state index is 3.39. The first-order chi connectivity index (χ1) is 12.9. The van der Waals surface area contributed by atoms with E-state index in [1.807, 2.05) is 0 Å². The van der Waals surface area contributed by atoms with Crippen molar-refractivity contribution in [2.24, 2.45) is 0 Å². The van der Waals surface area contributed by atoms with Gasteiger partial charge in [-0.25, -0.2) is 0 Å². The molecule has 0 radical (unpaired) electrons. The predicted molar refractivity (Wildman–Crippen MR) is 116 cm³/mol. The Bertz CT molecular complexity index is 906. The average Bonchev–Trinajstić information content (AvgIpc) is 3.11. The second-order valence-corrected chi connectivity index (χ2v) is 6.79. The Kier molecular flexibility index (Phi) is 6.69. The largest absolute Gasteiger partial charge is 0.361 e. The third kappa shape index (κ3) is 5.00. The third-order valence-electron chi connectivity index (χ3n) is 4.87.